The minimum atomic E-state index is -3.76. The summed E-state index contributed by atoms with van der Waals surface area (Å²) in [6.45, 7) is 1.09. The van der Waals surface area contributed by atoms with Crippen molar-refractivity contribution in [2.75, 3.05) is 38.4 Å². The number of hydrogen-bond acceptors (Lipinski definition) is 9. The van der Waals surface area contributed by atoms with E-state index in [2.05, 4.69) is 25.0 Å². The summed E-state index contributed by atoms with van der Waals surface area (Å²) in [5.41, 5.74) is 9.49. The molecule has 0 radical (unpaired) electrons. The van der Waals surface area contributed by atoms with Crippen LogP contribution in [0.1, 0.15) is 0 Å². The van der Waals surface area contributed by atoms with Crippen molar-refractivity contribution in [2.45, 2.75) is 4.90 Å². The molecular formula is C22H23N7O3S. The lowest BCUT2D eigenvalue weighted by Gasteiger charge is -2.12. The maximum Gasteiger partial charge on any atom is 0.243 e. The Morgan fingerprint density at radius 2 is 1.82 bits per heavy atom. The Hall–Kier alpha value is -3.67. The number of pyridine rings is 2. The van der Waals surface area contributed by atoms with Gasteiger partial charge in [0.1, 0.15) is 10.7 Å². The van der Waals surface area contributed by atoms with Gasteiger partial charge in [0.15, 0.2) is 0 Å². The maximum atomic E-state index is 12.3. The van der Waals surface area contributed by atoms with Crippen LogP contribution in [0.3, 0.4) is 0 Å². The summed E-state index contributed by atoms with van der Waals surface area (Å²) in [5, 5.41) is 3.97. The van der Waals surface area contributed by atoms with Gasteiger partial charge < -0.3 is 15.8 Å². The van der Waals surface area contributed by atoms with Crippen LogP contribution in [0.15, 0.2) is 59.9 Å². The molecule has 4 aromatic rings. The molecule has 0 fully saturated rings. The summed E-state index contributed by atoms with van der Waals surface area (Å²) < 4.78 is 32.0. The summed E-state index contributed by atoms with van der Waals surface area (Å²) in [6.07, 6.45) is 4.94. The molecular weight excluding hydrogens is 442 g/mol. The van der Waals surface area contributed by atoms with Crippen LogP contribution >= 0.6 is 0 Å². The fourth-order valence-electron chi connectivity index (χ4n) is 3.32. The number of aromatic nitrogens is 4. The standard InChI is InChI=1S/C22H23N7O3S/c1-24-33(30,31)19-12-16(13-27-21(19)23)15-3-4-18-17(11-15)20(14-5-7-25-8-6-14)29-22(28-18)26-9-10-32-2/h3-8,11-13,24H,9-10H2,1-2H3,(H2,23,27)(H,26,28,29). The Bertz CT molecular complexity index is 1400. The minimum Gasteiger partial charge on any atom is -0.383 e. The van der Waals surface area contributed by atoms with Crippen LogP contribution in [0.25, 0.3) is 33.3 Å². The van der Waals surface area contributed by atoms with Gasteiger partial charge >= 0.3 is 0 Å². The molecule has 170 valence electrons. The maximum absolute atomic E-state index is 12.3. The third-order valence-corrected chi connectivity index (χ3v) is 6.46. The fourth-order valence-corrected chi connectivity index (χ4v) is 4.15. The molecule has 10 nitrogen and oxygen atoms in total. The largest absolute Gasteiger partial charge is 0.383 e. The lowest BCUT2D eigenvalue weighted by atomic mass is 10.0. The van der Waals surface area contributed by atoms with Gasteiger partial charge in [0.2, 0.25) is 16.0 Å². The summed E-state index contributed by atoms with van der Waals surface area (Å²) in [5.74, 6) is 0.414. The average Bonchev–Trinajstić information content (AvgIpc) is 2.84. The van der Waals surface area contributed by atoms with Crippen LogP contribution in [0, 0.1) is 0 Å². The molecule has 11 heteroatoms. The predicted octanol–water partition coefficient (Wildman–Crippen LogP) is 2.30. The van der Waals surface area contributed by atoms with Crippen LogP contribution in [-0.2, 0) is 14.8 Å². The van der Waals surface area contributed by atoms with E-state index in [9.17, 15) is 8.42 Å². The Morgan fingerprint density at radius 3 is 2.55 bits per heavy atom. The predicted molar refractivity (Wildman–Crippen MR) is 127 cm³/mol. The first-order chi connectivity index (χ1) is 15.9. The number of methoxy groups -OCH3 is 1. The van der Waals surface area contributed by atoms with E-state index < -0.39 is 10.0 Å². The molecule has 0 bridgehead atoms. The lowest BCUT2D eigenvalue weighted by molar-refractivity contribution is 0.210. The zero-order valence-electron chi connectivity index (χ0n) is 18.1. The molecule has 0 unspecified atom stereocenters. The normalized spacial score (nSPS) is 11.6. The van der Waals surface area contributed by atoms with Gasteiger partial charge in [-0.3, -0.25) is 4.98 Å². The van der Waals surface area contributed by atoms with Crippen LogP contribution < -0.4 is 15.8 Å². The highest BCUT2D eigenvalue weighted by Gasteiger charge is 2.18. The van der Waals surface area contributed by atoms with Crippen molar-refractivity contribution in [3.05, 3.63) is 55.0 Å². The zero-order chi connectivity index (χ0) is 23.4. The van der Waals surface area contributed by atoms with E-state index in [1.807, 2.05) is 30.3 Å². The first-order valence-corrected chi connectivity index (χ1v) is 11.6. The van der Waals surface area contributed by atoms with Gasteiger partial charge in [-0.15, -0.1) is 0 Å². The van der Waals surface area contributed by atoms with E-state index in [0.29, 0.717) is 24.7 Å². The minimum absolute atomic E-state index is 0.0681. The number of nitrogens with one attached hydrogen (secondary N) is 2. The zero-order valence-corrected chi connectivity index (χ0v) is 18.9. The molecule has 0 spiro atoms. The number of hydrogen-bond donors (Lipinski definition) is 3. The summed E-state index contributed by atoms with van der Waals surface area (Å²) >= 11 is 0. The lowest BCUT2D eigenvalue weighted by Crippen LogP contribution is -2.20. The highest BCUT2D eigenvalue weighted by atomic mass is 32.2. The number of benzene rings is 1. The average molecular weight is 466 g/mol. The fraction of sp³-hybridized carbons (Fsp3) is 0.182. The third kappa shape index (κ3) is 4.75. The molecule has 0 atom stereocenters. The van der Waals surface area contributed by atoms with Gasteiger partial charge in [0, 0.05) is 48.8 Å². The molecule has 0 amide bonds. The molecule has 1 aromatic carbocycles. The van der Waals surface area contributed by atoms with Gasteiger partial charge in [-0.05, 0) is 42.9 Å². The van der Waals surface area contributed by atoms with Crippen molar-refractivity contribution in [3.63, 3.8) is 0 Å². The number of ether oxygens (including phenoxy) is 1. The number of nitrogens with zero attached hydrogens (tertiary/aromatic N) is 4. The Kier molecular flexibility index (Phi) is 6.45. The Labute approximate surface area is 191 Å². The first kappa shape index (κ1) is 22.5. The van der Waals surface area contributed by atoms with Crippen LogP contribution in [0.2, 0.25) is 0 Å². The van der Waals surface area contributed by atoms with Gasteiger partial charge in [-0.2, -0.15) is 0 Å². The number of fused-ring (bicyclic) bond motifs is 1. The topological polar surface area (TPSA) is 145 Å². The molecule has 33 heavy (non-hydrogen) atoms. The molecule has 0 aliphatic carbocycles. The van der Waals surface area contributed by atoms with Gasteiger partial charge in [-0.25, -0.2) is 28.1 Å². The Balaban J connectivity index is 1.87. The monoisotopic (exact) mass is 465 g/mol. The van der Waals surface area contributed by atoms with Crippen molar-refractivity contribution < 1.29 is 13.2 Å². The second-order valence-corrected chi connectivity index (χ2v) is 8.95. The molecule has 0 saturated carbocycles. The highest BCUT2D eigenvalue weighted by Crippen LogP contribution is 2.32. The van der Waals surface area contributed by atoms with Crippen LogP contribution in [0.5, 0.6) is 0 Å². The number of nitrogen functional groups attached to an aromatic ring is 1. The Morgan fingerprint density at radius 1 is 1.03 bits per heavy atom. The van der Waals surface area contributed by atoms with Gasteiger partial charge in [-0.1, -0.05) is 6.07 Å². The van der Waals surface area contributed by atoms with Gasteiger partial charge in [0.05, 0.1) is 17.8 Å². The first-order valence-electron chi connectivity index (χ1n) is 10.1. The third-order valence-electron chi connectivity index (χ3n) is 5.01. The van der Waals surface area contributed by atoms with Crippen molar-refractivity contribution >= 4 is 32.7 Å². The van der Waals surface area contributed by atoms with Crippen molar-refractivity contribution in [3.8, 4) is 22.4 Å². The summed E-state index contributed by atoms with van der Waals surface area (Å²) in [7, 11) is -0.799. The number of anilines is 2. The van der Waals surface area contributed by atoms with E-state index in [0.717, 1.165) is 27.7 Å². The van der Waals surface area contributed by atoms with E-state index in [1.54, 1.807) is 25.7 Å². The second kappa shape index (κ2) is 9.45. The highest BCUT2D eigenvalue weighted by molar-refractivity contribution is 7.89. The van der Waals surface area contributed by atoms with Crippen molar-refractivity contribution in [1.29, 1.82) is 0 Å². The van der Waals surface area contributed by atoms with E-state index in [4.69, 9.17) is 15.5 Å². The summed E-state index contributed by atoms with van der Waals surface area (Å²) in [4.78, 5) is 17.4. The van der Waals surface area contributed by atoms with Crippen molar-refractivity contribution in [1.82, 2.24) is 24.7 Å². The number of nitrogens with two attached hydrogens (primary N) is 1. The van der Waals surface area contributed by atoms with E-state index in [-0.39, 0.29) is 10.7 Å². The summed E-state index contributed by atoms with van der Waals surface area (Å²) in [6, 6.07) is 10.9. The molecule has 0 saturated heterocycles. The van der Waals surface area contributed by atoms with E-state index in [1.165, 1.54) is 13.1 Å². The van der Waals surface area contributed by atoms with Crippen LogP contribution in [0.4, 0.5) is 11.8 Å². The molecule has 0 aliphatic rings. The number of sulfonamides is 1. The molecule has 3 heterocycles. The smallest absolute Gasteiger partial charge is 0.243 e. The quantitative estimate of drug-likeness (QED) is 0.334. The molecule has 3 aromatic heterocycles. The molecule has 4 N–H and O–H groups in total. The van der Waals surface area contributed by atoms with Gasteiger partial charge in [0.25, 0.3) is 0 Å². The SMILES string of the molecule is CNS(=O)(=O)c1cc(-c2ccc3nc(NCCOC)nc(-c4ccncc4)c3c2)cnc1N. The molecule has 0 aliphatic heterocycles. The van der Waals surface area contributed by atoms with Crippen LogP contribution in [-0.4, -0.2) is 55.7 Å². The second-order valence-electron chi connectivity index (χ2n) is 7.10. The number of rotatable bonds is 8. The van der Waals surface area contributed by atoms with Crippen molar-refractivity contribution in [2.24, 2.45) is 0 Å². The van der Waals surface area contributed by atoms with E-state index >= 15 is 0 Å². The molecule has 4 rings (SSSR count).